The molecule has 0 saturated heterocycles. The summed E-state index contributed by atoms with van der Waals surface area (Å²) < 4.78 is 44.3. The van der Waals surface area contributed by atoms with E-state index in [2.05, 4.69) is 5.10 Å². The third kappa shape index (κ3) is 3.02. The largest absolute Gasteiger partial charge is 0.493 e. The molecule has 0 aliphatic carbocycles. The highest BCUT2D eigenvalue weighted by molar-refractivity contribution is 5.36. The van der Waals surface area contributed by atoms with Crippen molar-refractivity contribution in [2.75, 3.05) is 7.11 Å². The molecule has 2 rings (SSSR count). The van der Waals surface area contributed by atoms with Crippen molar-refractivity contribution < 1.29 is 23.0 Å². The summed E-state index contributed by atoms with van der Waals surface area (Å²) >= 11 is 0. The van der Waals surface area contributed by atoms with Gasteiger partial charge in [0, 0.05) is 6.54 Å². The fraction of sp³-hybridized carbons (Fsp3) is 0.357. The van der Waals surface area contributed by atoms with Crippen molar-refractivity contribution in [3.63, 3.8) is 0 Å². The second-order valence-electron chi connectivity index (χ2n) is 4.44. The second kappa shape index (κ2) is 5.77. The van der Waals surface area contributed by atoms with E-state index in [1.165, 1.54) is 25.4 Å². The maximum atomic E-state index is 12.5. The first-order valence-electron chi connectivity index (χ1n) is 6.33. The first-order chi connectivity index (χ1) is 9.88. The van der Waals surface area contributed by atoms with Crippen LogP contribution < -0.4 is 4.74 Å². The van der Waals surface area contributed by atoms with Crippen LogP contribution >= 0.6 is 0 Å². The SMILES string of the molecule is CCn1ncc(OC)c1C(O)c1ccc(C(F)(F)F)cc1. The van der Waals surface area contributed by atoms with Crippen molar-refractivity contribution in [2.45, 2.75) is 25.7 Å². The predicted octanol–water partition coefficient (Wildman–Crippen LogP) is 3.01. The molecule has 1 N–H and O–H groups in total. The molecule has 4 nitrogen and oxygen atoms in total. The molecular weight excluding hydrogens is 285 g/mol. The number of nitrogens with zero attached hydrogens (tertiary/aromatic N) is 2. The maximum Gasteiger partial charge on any atom is 0.416 e. The Morgan fingerprint density at radius 2 is 1.90 bits per heavy atom. The van der Waals surface area contributed by atoms with E-state index >= 15 is 0 Å². The van der Waals surface area contributed by atoms with Gasteiger partial charge in [0.1, 0.15) is 11.8 Å². The zero-order chi connectivity index (χ0) is 15.6. The molecule has 7 heteroatoms. The smallest absolute Gasteiger partial charge is 0.416 e. The minimum absolute atomic E-state index is 0.344. The van der Waals surface area contributed by atoms with E-state index in [4.69, 9.17) is 4.74 Å². The lowest BCUT2D eigenvalue weighted by Gasteiger charge is -2.15. The van der Waals surface area contributed by atoms with Gasteiger partial charge >= 0.3 is 6.18 Å². The summed E-state index contributed by atoms with van der Waals surface area (Å²) in [6, 6.07) is 4.38. The lowest BCUT2D eigenvalue weighted by atomic mass is 10.0. The number of halogens is 3. The molecule has 0 saturated carbocycles. The van der Waals surface area contributed by atoms with Gasteiger partial charge in [0.15, 0.2) is 5.75 Å². The first kappa shape index (κ1) is 15.4. The Hall–Kier alpha value is -2.02. The summed E-state index contributed by atoms with van der Waals surface area (Å²) in [4.78, 5) is 0. The number of aliphatic hydroxyl groups is 1. The standard InChI is InChI=1S/C14H15F3N2O2/c1-3-19-12(11(21-2)8-18-19)13(20)9-4-6-10(7-5-9)14(15,16)17/h4-8,13,20H,3H2,1-2H3. The zero-order valence-electron chi connectivity index (χ0n) is 11.6. The summed E-state index contributed by atoms with van der Waals surface area (Å²) in [5.41, 5.74) is 0.00525. The molecule has 114 valence electrons. The van der Waals surface area contributed by atoms with Gasteiger partial charge < -0.3 is 9.84 Å². The van der Waals surface area contributed by atoms with Crippen LogP contribution in [0.15, 0.2) is 30.5 Å². The lowest BCUT2D eigenvalue weighted by Crippen LogP contribution is -2.11. The van der Waals surface area contributed by atoms with Crippen LogP contribution in [-0.2, 0) is 12.7 Å². The number of alkyl halides is 3. The molecule has 0 spiro atoms. The van der Waals surface area contributed by atoms with E-state index < -0.39 is 17.8 Å². The predicted molar refractivity (Wildman–Crippen MR) is 70.0 cm³/mol. The minimum atomic E-state index is -4.40. The molecule has 2 aromatic rings. The Kier molecular flexibility index (Phi) is 4.22. The minimum Gasteiger partial charge on any atom is -0.493 e. The van der Waals surface area contributed by atoms with Gasteiger partial charge in [-0.3, -0.25) is 4.68 Å². The van der Waals surface area contributed by atoms with E-state index in [0.717, 1.165) is 12.1 Å². The van der Waals surface area contributed by atoms with Crippen molar-refractivity contribution in [1.82, 2.24) is 9.78 Å². The van der Waals surface area contributed by atoms with Crippen molar-refractivity contribution in [3.8, 4) is 5.75 Å². The average Bonchev–Trinajstić information content (AvgIpc) is 2.88. The number of benzene rings is 1. The van der Waals surface area contributed by atoms with Gasteiger partial charge in [-0.25, -0.2) is 0 Å². The normalized spacial score (nSPS) is 13.2. The third-order valence-corrected chi connectivity index (χ3v) is 3.18. The third-order valence-electron chi connectivity index (χ3n) is 3.18. The van der Waals surface area contributed by atoms with Crippen LogP contribution in [0.1, 0.15) is 29.8 Å². The van der Waals surface area contributed by atoms with Crippen LogP contribution in [-0.4, -0.2) is 22.0 Å². The van der Waals surface area contributed by atoms with E-state index in [0.29, 0.717) is 23.6 Å². The fourth-order valence-electron chi connectivity index (χ4n) is 2.08. The van der Waals surface area contributed by atoms with Gasteiger partial charge in [0.05, 0.1) is 18.9 Å². The van der Waals surface area contributed by atoms with Gasteiger partial charge in [-0.2, -0.15) is 18.3 Å². The van der Waals surface area contributed by atoms with Gasteiger partial charge in [0.2, 0.25) is 0 Å². The second-order valence-corrected chi connectivity index (χ2v) is 4.44. The Bertz CT molecular complexity index is 584. The van der Waals surface area contributed by atoms with E-state index in [1.54, 1.807) is 4.68 Å². The monoisotopic (exact) mass is 300 g/mol. The van der Waals surface area contributed by atoms with Crippen LogP contribution in [0.5, 0.6) is 5.75 Å². The van der Waals surface area contributed by atoms with Crippen molar-refractivity contribution in [1.29, 1.82) is 0 Å². The number of aliphatic hydroxyl groups excluding tert-OH is 1. The van der Waals surface area contributed by atoms with E-state index in [1.807, 2.05) is 6.92 Å². The molecule has 0 amide bonds. The molecule has 1 heterocycles. The summed E-state index contributed by atoms with van der Waals surface area (Å²) in [7, 11) is 1.44. The maximum absolute atomic E-state index is 12.5. The Morgan fingerprint density at radius 3 is 2.38 bits per heavy atom. The molecule has 21 heavy (non-hydrogen) atoms. The molecule has 1 aromatic heterocycles. The Labute approximate surface area is 119 Å². The average molecular weight is 300 g/mol. The molecular formula is C14H15F3N2O2. The molecule has 0 bridgehead atoms. The number of ether oxygens (including phenoxy) is 1. The van der Waals surface area contributed by atoms with Crippen LogP contribution in [0.25, 0.3) is 0 Å². The summed E-state index contributed by atoms with van der Waals surface area (Å²) in [6.07, 6.45) is -4.04. The van der Waals surface area contributed by atoms with Crippen molar-refractivity contribution in [2.24, 2.45) is 0 Å². The molecule has 0 aliphatic heterocycles. The molecule has 0 fully saturated rings. The fourth-order valence-corrected chi connectivity index (χ4v) is 2.08. The molecule has 1 atom stereocenters. The highest BCUT2D eigenvalue weighted by Crippen LogP contribution is 2.33. The van der Waals surface area contributed by atoms with Crippen LogP contribution in [0, 0.1) is 0 Å². The van der Waals surface area contributed by atoms with E-state index in [9.17, 15) is 18.3 Å². The quantitative estimate of drug-likeness (QED) is 0.944. The van der Waals surface area contributed by atoms with Crippen molar-refractivity contribution >= 4 is 0 Å². The van der Waals surface area contributed by atoms with Crippen LogP contribution in [0.2, 0.25) is 0 Å². The Balaban J connectivity index is 2.36. The van der Waals surface area contributed by atoms with Gasteiger partial charge in [-0.1, -0.05) is 12.1 Å². The summed E-state index contributed by atoms with van der Waals surface area (Å²) in [5, 5.41) is 14.4. The summed E-state index contributed by atoms with van der Waals surface area (Å²) in [5.74, 6) is 0.393. The van der Waals surface area contributed by atoms with Gasteiger partial charge in [-0.15, -0.1) is 0 Å². The number of hydrogen-bond donors (Lipinski definition) is 1. The van der Waals surface area contributed by atoms with E-state index in [-0.39, 0.29) is 0 Å². The zero-order valence-corrected chi connectivity index (χ0v) is 11.6. The number of aryl methyl sites for hydroxylation is 1. The van der Waals surface area contributed by atoms with Gasteiger partial charge in [0.25, 0.3) is 0 Å². The lowest BCUT2D eigenvalue weighted by molar-refractivity contribution is -0.137. The topological polar surface area (TPSA) is 47.3 Å². The Morgan fingerprint density at radius 1 is 1.29 bits per heavy atom. The molecule has 0 radical (unpaired) electrons. The number of rotatable bonds is 4. The van der Waals surface area contributed by atoms with Crippen LogP contribution in [0.4, 0.5) is 13.2 Å². The highest BCUT2D eigenvalue weighted by atomic mass is 19.4. The number of methoxy groups -OCH3 is 1. The van der Waals surface area contributed by atoms with Gasteiger partial charge in [-0.05, 0) is 24.6 Å². The van der Waals surface area contributed by atoms with Crippen LogP contribution in [0.3, 0.4) is 0 Å². The van der Waals surface area contributed by atoms with Crippen molar-refractivity contribution in [3.05, 3.63) is 47.3 Å². The summed E-state index contributed by atoms with van der Waals surface area (Å²) in [6.45, 7) is 2.35. The molecule has 0 aliphatic rings. The highest BCUT2D eigenvalue weighted by Gasteiger charge is 2.30. The molecule has 1 unspecified atom stereocenters. The number of aromatic nitrogens is 2. The number of hydrogen-bond acceptors (Lipinski definition) is 3. The first-order valence-corrected chi connectivity index (χ1v) is 6.33. The molecule has 1 aromatic carbocycles.